The van der Waals surface area contributed by atoms with Crippen molar-refractivity contribution in [3.05, 3.63) is 74.5 Å². The fourth-order valence-corrected chi connectivity index (χ4v) is 2.94. The molecule has 0 radical (unpaired) electrons. The molecule has 2 aromatic carbocycles. The largest absolute Gasteiger partial charge is 0.480 e. The lowest BCUT2D eigenvalue weighted by molar-refractivity contribution is -0.384. The second-order valence-corrected chi connectivity index (χ2v) is 7.17. The topological polar surface area (TPSA) is 137 Å². The summed E-state index contributed by atoms with van der Waals surface area (Å²) in [5.41, 5.74) is -0.172. The van der Waals surface area contributed by atoms with E-state index in [1.807, 2.05) is 0 Å². The van der Waals surface area contributed by atoms with Gasteiger partial charge < -0.3 is 15.2 Å². The van der Waals surface area contributed by atoms with Gasteiger partial charge in [0, 0.05) is 23.4 Å². The lowest BCUT2D eigenvalue weighted by atomic mass is 10.2. The number of carboxylic acids is 1. The molecule has 0 bridgehead atoms. The molecule has 31 heavy (non-hydrogen) atoms. The monoisotopic (exact) mass is 464 g/mol. The average molecular weight is 465 g/mol. The maximum absolute atomic E-state index is 12.5. The number of amides is 1. The molecule has 1 atom stereocenters. The molecule has 1 amide bonds. The number of hydrogen-bond acceptors (Lipinski definition) is 6. The smallest absolute Gasteiger partial charge is 0.328 e. The Morgan fingerprint density at radius 1 is 1.26 bits per heavy atom. The minimum Gasteiger partial charge on any atom is -0.480 e. The van der Waals surface area contributed by atoms with E-state index in [9.17, 15) is 19.7 Å². The van der Waals surface area contributed by atoms with E-state index in [-0.39, 0.29) is 33.5 Å². The van der Waals surface area contributed by atoms with Gasteiger partial charge in [-0.3, -0.25) is 19.6 Å². The normalized spacial score (nSPS) is 11.6. The first-order chi connectivity index (χ1) is 14.6. The number of non-ortho nitro benzene ring substituents is 1. The van der Waals surface area contributed by atoms with Gasteiger partial charge in [-0.25, -0.2) is 4.79 Å². The highest BCUT2D eigenvalue weighted by atomic mass is 35.5. The lowest BCUT2D eigenvalue weighted by Crippen LogP contribution is -2.16. The number of carbonyl (C=O) groups excluding carboxylic acids is 1. The molecular weight excluding hydrogens is 451 g/mol. The predicted molar refractivity (Wildman–Crippen MR) is 112 cm³/mol. The van der Waals surface area contributed by atoms with Crippen molar-refractivity contribution in [1.82, 2.24) is 9.78 Å². The van der Waals surface area contributed by atoms with E-state index in [2.05, 4.69) is 10.4 Å². The van der Waals surface area contributed by atoms with Gasteiger partial charge in [-0.2, -0.15) is 5.10 Å². The van der Waals surface area contributed by atoms with Gasteiger partial charge in [0.05, 0.1) is 33.5 Å². The molecule has 0 saturated carbocycles. The summed E-state index contributed by atoms with van der Waals surface area (Å²) in [5, 5.41) is 27.3. The van der Waals surface area contributed by atoms with Crippen molar-refractivity contribution in [3.8, 4) is 11.5 Å². The maximum atomic E-state index is 12.5. The number of ether oxygens (including phenoxy) is 1. The van der Waals surface area contributed by atoms with Crippen LogP contribution >= 0.6 is 23.2 Å². The number of carboxylic acid groups (broad SMARTS) is 1. The summed E-state index contributed by atoms with van der Waals surface area (Å²) in [5.74, 6) is -1.48. The van der Waals surface area contributed by atoms with Crippen LogP contribution in [0.25, 0.3) is 0 Å². The van der Waals surface area contributed by atoms with E-state index < -0.39 is 22.8 Å². The molecule has 3 rings (SSSR count). The molecule has 0 aliphatic carbocycles. The second kappa shape index (κ2) is 9.02. The van der Waals surface area contributed by atoms with Crippen LogP contribution in [0.3, 0.4) is 0 Å². The summed E-state index contributed by atoms with van der Waals surface area (Å²) < 4.78 is 6.73. The number of nitro benzene ring substituents is 1. The summed E-state index contributed by atoms with van der Waals surface area (Å²) in [6.07, 6.45) is 2.45. The molecule has 1 unspecified atom stereocenters. The van der Waals surface area contributed by atoms with Crippen molar-refractivity contribution in [1.29, 1.82) is 0 Å². The van der Waals surface area contributed by atoms with Crippen LogP contribution in [0.15, 0.2) is 48.8 Å². The maximum Gasteiger partial charge on any atom is 0.328 e. The fourth-order valence-electron chi connectivity index (χ4n) is 2.49. The van der Waals surface area contributed by atoms with Crippen molar-refractivity contribution in [3.63, 3.8) is 0 Å². The van der Waals surface area contributed by atoms with Crippen LogP contribution in [0, 0.1) is 10.1 Å². The van der Waals surface area contributed by atoms with Gasteiger partial charge in [-0.15, -0.1) is 0 Å². The highest BCUT2D eigenvalue weighted by Crippen LogP contribution is 2.34. The Balaban J connectivity index is 1.86. The van der Waals surface area contributed by atoms with Gasteiger partial charge in [0.2, 0.25) is 0 Å². The zero-order chi connectivity index (χ0) is 22.7. The second-order valence-electron chi connectivity index (χ2n) is 6.33. The van der Waals surface area contributed by atoms with Gasteiger partial charge in [0.15, 0.2) is 0 Å². The van der Waals surface area contributed by atoms with E-state index in [1.165, 1.54) is 43.6 Å². The quantitative estimate of drug-likeness (QED) is 0.378. The molecule has 0 spiro atoms. The van der Waals surface area contributed by atoms with E-state index >= 15 is 0 Å². The van der Waals surface area contributed by atoms with Crippen LogP contribution in [-0.2, 0) is 4.79 Å². The van der Waals surface area contributed by atoms with Crippen molar-refractivity contribution < 1.29 is 24.4 Å². The number of nitrogens with one attached hydrogen (secondary N) is 1. The molecule has 3 aromatic rings. The molecular formula is C19H14Cl2N4O6. The number of carbonyl (C=O) groups is 2. The third-order valence-electron chi connectivity index (χ3n) is 4.10. The molecule has 1 aromatic heterocycles. The van der Waals surface area contributed by atoms with Gasteiger partial charge >= 0.3 is 5.97 Å². The molecule has 1 heterocycles. The zero-order valence-electron chi connectivity index (χ0n) is 15.8. The number of nitrogens with zero attached hydrogens (tertiary/aromatic N) is 3. The Bertz CT molecular complexity index is 1180. The number of aliphatic carboxylic acids is 1. The molecule has 0 aliphatic rings. The van der Waals surface area contributed by atoms with E-state index in [0.717, 1.165) is 10.7 Å². The molecule has 0 saturated heterocycles. The highest BCUT2D eigenvalue weighted by molar-refractivity contribution is 6.35. The Morgan fingerprint density at radius 3 is 2.65 bits per heavy atom. The van der Waals surface area contributed by atoms with Gasteiger partial charge in [0.1, 0.15) is 17.5 Å². The van der Waals surface area contributed by atoms with Gasteiger partial charge in [-0.05, 0) is 25.1 Å². The third-order valence-corrected chi connectivity index (χ3v) is 4.63. The Morgan fingerprint density at radius 2 is 2.00 bits per heavy atom. The summed E-state index contributed by atoms with van der Waals surface area (Å²) in [6, 6.07) is 7.22. The van der Waals surface area contributed by atoms with Crippen LogP contribution in [0.4, 0.5) is 11.4 Å². The van der Waals surface area contributed by atoms with E-state index in [4.69, 9.17) is 33.0 Å². The number of hydrogen-bond donors (Lipinski definition) is 2. The number of rotatable bonds is 7. The van der Waals surface area contributed by atoms with Crippen molar-refractivity contribution in [2.75, 3.05) is 5.32 Å². The van der Waals surface area contributed by atoms with Crippen LogP contribution < -0.4 is 10.1 Å². The average Bonchev–Trinajstić information content (AvgIpc) is 3.19. The number of halogens is 2. The van der Waals surface area contributed by atoms with Crippen molar-refractivity contribution >= 4 is 46.5 Å². The molecule has 0 aliphatic heterocycles. The number of aromatic nitrogens is 2. The standard InChI is InChI=1S/C19H14Cl2N4O6/c1-10(19(27)28)24-9-11(8-22-24)18(26)23-13-5-14(25(29)30)7-15(6-13)31-17-3-2-12(20)4-16(17)21/h2-10H,1H3,(H,23,26)(H,27,28). The highest BCUT2D eigenvalue weighted by Gasteiger charge is 2.18. The number of nitro groups is 1. The minimum atomic E-state index is -1.11. The van der Waals surface area contributed by atoms with Crippen molar-refractivity contribution in [2.45, 2.75) is 13.0 Å². The van der Waals surface area contributed by atoms with Crippen molar-refractivity contribution in [2.24, 2.45) is 0 Å². The Kier molecular flexibility index (Phi) is 6.42. The third kappa shape index (κ3) is 5.30. The van der Waals surface area contributed by atoms with Crippen LogP contribution in [0.2, 0.25) is 10.0 Å². The SMILES string of the molecule is CC(C(=O)O)n1cc(C(=O)Nc2cc(Oc3ccc(Cl)cc3Cl)cc([N+](=O)[O-])c2)cn1. The molecule has 160 valence electrons. The summed E-state index contributed by atoms with van der Waals surface area (Å²) in [7, 11) is 0. The van der Waals surface area contributed by atoms with Crippen LogP contribution in [-0.4, -0.2) is 31.7 Å². The minimum absolute atomic E-state index is 0.0592. The fraction of sp³-hybridized carbons (Fsp3) is 0.105. The Labute approximate surface area is 185 Å². The summed E-state index contributed by atoms with van der Waals surface area (Å²) in [4.78, 5) is 34.2. The molecule has 0 fully saturated rings. The number of benzene rings is 2. The summed E-state index contributed by atoms with van der Waals surface area (Å²) in [6.45, 7) is 1.41. The first-order valence-electron chi connectivity index (χ1n) is 8.64. The van der Waals surface area contributed by atoms with Gasteiger partial charge in [-0.1, -0.05) is 23.2 Å². The Hall–Kier alpha value is -3.63. The van der Waals surface area contributed by atoms with E-state index in [1.54, 1.807) is 6.07 Å². The number of anilines is 1. The zero-order valence-corrected chi connectivity index (χ0v) is 17.3. The van der Waals surface area contributed by atoms with E-state index in [0.29, 0.717) is 5.02 Å². The van der Waals surface area contributed by atoms with Crippen LogP contribution in [0.5, 0.6) is 11.5 Å². The predicted octanol–water partition coefficient (Wildman–Crippen LogP) is 4.79. The first-order valence-corrected chi connectivity index (χ1v) is 9.40. The molecule has 2 N–H and O–H groups in total. The summed E-state index contributed by atoms with van der Waals surface area (Å²) >= 11 is 11.9. The molecule has 12 heteroatoms. The molecule has 10 nitrogen and oxygen atoms in total. The van der Waals surface area contributed by atoms with Crippen LogP contribution in [0.1, 0.15) is 23.3 Å². The van der Waals surface area contributed by atoms with Gasteiger partial charge in [0.25, 0.3) is 11.6 Å². The lowest BCUT2D eigenvalue weighted by Gasteiger charge is -2.10. The first kappa shape index (κ1) is 22.1.